The Morgan fingerprint density at radius 1 is 0.966 bits per heavy atom. The van der Waals surface area contributed by atoms with Crippen LogP contribution < -0.4 is 4.74 Å². The summed E-state index contributed by atoms with van der Waals surface area (Å²) in [5.41, 5.74) is 0.839. The number of hydrogen-bond donors (Lipinski definition) is 0. The number of benzene rings is 2. The summed E-state index contributed by atoms with van der Waals surface area (Å²) in [6.45, 7) is 2.91. The lowest BCUT2D eigenvalue weighted by Crippen LogP contribution is -2.49. The molecule has 0 aliphatic carbocycles. The molecule has 7 heteroatoms. The molecule has 0 spiro atoms. The summed E-state index contributed by atoms with van der Waals surface area (Å²) in [4.78, 5) is 51.4. The Morgan fingerprint density at radius 3 is 2.14 bits per heavy atom. The van der Waals surface area contributed by atoms with Gasteiger partial charge in [0.25, 0.3) is 11.8 Å². The van der Waals surface area contributed by atoms with E-state index in [0.717, 1.165) is 4.90 Å². The maximum atomic E-state index is 12.7. The van der Waals surface area contributed by atoms with E-state index in [1.807, 2.05) is 0 Å². The van der Waals surface area contributed by atoms with Crippen molar-refractivity contribution >= 4 is 23.6 Å². The summed E-state index contributed by atoms with van der Waals surface area (Å²) >= 11 is 0. The van der Waals surface area contributed by atoms with Gasteiger partial charge in [-0.3, -0.25) is 19.3 Å². The summed E-state index contributed by atoms with van der Waals surface area (Å²) in [6, 6.07) is 11.8. The number of ether oxygens (including phenoxy) is 2. The van der Waals surface area contributed by atoms with Gasteiger partial charge < -0.3 is 9.47 Å². The van der Waals surface area contributed by atoms with E-state index < -0.39 is 42.1 Å². The average molecular weight is 395 g/mol. The third-order valence-electron chi connectivity index (χ3n) is 4.71. The maximum Gasteiger partial charge on any atom is 0.330 e. The van der Waals surface area contributed by atoms with Gasteiger partial charge in [0.1, 0.15) is 11.8 Å². The highest BCUT2D eigenvalue weighted by Gasteiger charge is 2.44. The molecule has 2 aromatic rings. The second kappa shape index (κ2) is 8.26. The number of Topliss-reactive ketones (excluding diaryl/α,β-unsaturated/α-hetero) is 1. The molecular weight excluding hydrogens is 374 g/mol. The number of amides is 2. The van der Waals surface area contributed by atoms with E-state index in [0.29, 0.717) is 11.3 Å². The Labute approximate surface area is 168 Å². The third-order valence-corrected chi connectivity index (χ3v) is 4.71. The van der Waals surface area contributed by atoms with Crippen LogP contribution in [-0.2, 0) is 9.53 Å². The first kappa shape index (κ1) is 20.3. The first-order valence-corrected chi connectivity index (χ1v) is 9.16. The fourth-order valence-electron chi connectivity index (χ4n) is 3.24. The van der Waals surface area contributed by atoms with E-state index in [1.165, 1.54) is 7.11 Å². The predicted molar refractivity (Wildman–Crippen MR) is 104 cm³/mol. The number of fused-ring (bicyclic) bond motifs is 1. The van der Waals surface area contributed by atoms with Crippen molar-refractivity contribution in [1.29, 1.82) is 0 Å². The molecule has 1 heterocycles. The molecular formula is C22H21NO6. The summed E-state index contributed by atoms with van der Waals surface area (Å²) in [5.74, 6) is -2.18. The van der Waals surface area contributed by atoms with Crippen molar-refractivity contribution in [2.45, 2.75) is 19.9 Å². The van der Waals surface area contributed by atoms with Gasteiger partial charge in [-0.15, -0.1) is 0 Å². The zero-order chi connectivity index (χ0) is 21.1. The minimum atomic E-state index is -1.12. The van der Waals surface area contributed by atoms with E-state index in [4.69, 9.17) is 9.47 Å². The molecule has 2 aromatic carbocycles. The van der Waals surface area contributed by atoms with Crippen LogP contribution in [0, 0.1) is 5.92 Å². The fourth-order valence-corrected chi connectivity index (χ4v) is 3.24. The Morgan fingerprint density at radius 2 is 1.59 bits per heavy atom. The molecule has 7 nitrogen and oxygen atoms in total. The smallest absolute Gasteiger partial charge is 0.330 e. The van der Waals surface area contributed by atoms with Crippen molar-refractivity contribution in [3.63, 3.8) is 0 Å². The number of imide groups is 1. The molecule has 0 bridgehead atoms. The molecule has 150 valence electrons. The van der Waals surface area contributed by atoms with Crippen LogP contribution in [0.4, 0.5) is 0 Å². The van der Waals surface area contributed by atoms with Crippen LogP contribution in [0.15, 0.2) is 48.5 Å². The van der Waals surface area contributed by atoms with Crippen LogP contribution in [0.3, 0.4) is 0 Å². The minimum Gasteiger partial charge on any atom is -0.497 e. The average Bonchev–Trinajstić information content (AvgIpc) is 2.97. The molecule has 3 rings (SSSR count). The van der Waals surface area contributed by atoms with E-state index in [-0.39, 0.29) is 11.1 Å². The molecule has 0 aromatic heterocycles. The lowest BCUT2D eigenvalue weighted by atomic mass is 10.0. The van der Waals surface area contributed by atoms with Gasteiger partial charge >= 0.3 is 5.97 Å². The zero-order valence-electron chi connectivity index (χ0n) is 16.4. The molecule has 0 saturated carbocycles. The van der Waals surface area contributed by atoms with E-state index in [9.17, 15) is 19.2 Å². The molecule has 1 aliphatic rings. The molecule has 0 fully saturated rings. The first-order valence-electron chi connectivity index (χ1n) is 9.16. The van der Waals surface area contributed by atoms with Gasteiger partial charge in [-0.2, -0.15) is 0 Å². The maximum absolute atomic E-state index is 12.7. The van der Waals surface area contributed by atoms with Gasteiger partial charge in [0.2, 0.25) is 0 Å². The summed E-state index contributed by atoms with van der Waals surface area (Å²) < 4.78 is 10.3. The Kier molecular flexibility index (Phi) is 5.77. The van der Waals surface area contributed by atoms with Crippen LogP contribution >= 0.6 is 0 Å². The topological polar surface area (TPSA) is 90.0 Å². The van der Waals surface area contributed by atoms with Crippen molar-refractivity contribution < 1.29 is 28.7 Å². The molecule has 2 amide bonds. The summed E-state index contributed by atoms with van der Waals surface area (Å²) in [7, 11) is 1.49. The number of carbonyl (C=O) groups is 4. The van der Waals surface area contributed by atoms with Crippen molar-refractivity contribution in [3.05, 3.63) is 65.2 Å². The van der Waals surface area contributed by atoms with Gasteiger partial charge in [0, 0.05) is 5.56 Å². The van der Waals surface area contributed by atoms with E-state index >= 15 is 0 Å². The molecule has 1 atom stereocenters. The van der Waals surface area contributed by atoms with Gasteiger partial charge in [-0.1, -0.05) is 38.1 Å². The monoisotopic (exact) mass is 395 g/mol. The highest BCUT2D eigenvalue weighted by atomic mass is 16.5. The molecule has 0 N–H and O–H groups in total. The van der Waals surface area contributed by atoms with E-state index in [1.54, 1.807) is 62.4 Å². The van der Waals surface area contributed by atoms with Crippen LogP contribution in [0.1, 0.15) is 44.9 Å². The number of rotatable bonds is 7. The lowest BCUT2D eigenvalue weighted by molar-refractivity contribution is -0.148. The van der Waals surface area contributed by atoms with Gasteiger partial charge in [0.15, 0.2) is 12.4 Å². The normalized spacial score (nSPS) is 14.0. The number of methoxy groups -OCH3 is 1. The van der Waals surface area contributed by atoms with Crippen LogP contribution in [0.25, 0.3) is 0 Å². The Balaban J connectivity index is 1.75. The number of nitrogens with zero attached hydrogens (tertiary/aromatic N) is 1. The van der Waals surface area contributed by atoms with Crippen molar-refractivity contribution in [1.82, 2.24) is 4.90 Å². The molecule has 0 radical (unpaired) electrons. The SMILES string of the molecule is COc1cccc(C(=O)COC(=O)[C@@H](C(C)C)N2C(=O)c3ccccc3C2=O)c1. The quantitative estimate of drug-likeness (QED) is 0.407. The Bertz CT molecular complexity index is 946. The van der Waals surface area contributed by atoms with E-state index in [2.05, 4.69) is 0 Å². The molecule has 0 saturated heterocycles. The first-order chi connectivity index (χ1) is 13.8. The minimum absolute atomic E-state index is 0.253. The number of ketones is 1. The second-order valence-corrected chi connectivity index (χ2v) is 6.98. The second-order valence-electron chi connectivity index (χ2n) is 6.98. The van der Waals surface area contributed by atoms with Crippen molar-refractivity contribution in [2.75, 3.05) is 13.7 Å². The van der Waals surface area contributed by atoms with Crippen molar-refractivity contribution in [2.24, 2.45) is 5.92 Å². The Hall–Kier alpha value is -3.48. The van der Waals surface area contributed by atoms with Crippen LogP contribution in [-0.4, -0.2) is 48.2 Å². The number of carbonyl (C=O) groups excluding carboxylic acids is 4. The standard InChI is InChI=1S/C22H21NO6/c1-13(2)19(23-20(25)16-9-4-5-10-17(16)21(23)26)22(27)29-12-18(24)14-7-6-8-15(11-14)28-3/h4-11,13,19H,12H2,1-3H3/t19-/m1/s1. The molecule has 29 heavy (non-hydrogen) atoms. The van der Waals surface area contributed by atoms with Gasteiger partial charge in [-0.25, -0.2) is 4.79 Å². The molecule has 1 aliphatic heterocycles. The highest BCUT2D eigenvalue weighted by molar-refractivity contribution is 6.22. The van der Waals surface area contributed by atoms with Crippen molar-refractivity contribution in [3.8, 4) is 5.75 Å². The predicted octanol–water partition coefficient (Wildman–Crippen LogP) is 2.74. The molecule has 0 unspecified atom stereocenters. The zero-order valence-corrected chi connectivity index (χ0v) is 16.4. The van der Waals surface area contributed by atoms with Crippen LogP contribution in [0.5, 0.6) is 5.75 Å². The largest absolute Gasteiger partial charge is 0.497 e. The van der Waals surface area contributed by atoms with Gasteiger partial charge in [-0.05, 0) is 30.2 Å². The van der Waals surface area contributed by atoms with Gasteiger partial charge in [0.05, 0.1) is 18.2 Å². The number of esters is 1. The summed E-state index contributed by atoms with van der Waals surface area (Å²) in [6.07, 6.45) is 0. The number of hydrogen-bond acceptors (Lipinski definition) is 6. The fraction of sp³-hybridized carbons (Fsp3) is 0.273. The van der Waals surface area contributed by atoms with Crippen LogP contribution in [0.2, 0.25) is 0 Å². The highest BCUT2D eigenvalue weighted by Crippen LogP contribution is 2.27. The third kappa shape index (κ3) is 3.89. The summed E-state index contributed by atoms with van der Waals surface area (Å²) in [5, 5.41) is 0. The lowest BCUT2D eigenvalue weighted by Gasteiger charge is -2.27.